The highest BCUT2D eigenvalue weighted by Gasteiger charge is 2.35. The van der Waals surface area contributed by atoms with Gasteiger partial charge in [-0.15, -0.1) is 23.7 Å². The van der Waals surface area contributed by atoms with Crippen LogP contribution in [0.1, 0.15) is 48.0 Å². The second-order valence-corrected chi connectivity index (χ2v) is 7.95. The van der Waals surface area contributed by atoms with E-state index in [-0.39, 0.29) is 29.8 Å². The molecule has 2 heterocycles. The van der Waals surface area contributed by atoms with Gasteiger partial charge in [-0.25, -0.2) is 0 Å². The van der Waals surface area contributed by atoms with Gasteiger partial charge in [0.25, 0.3) is 5.91 Å². The molecule has 1 aliphatic rings. The Labute approximate surface area is 163 Å². The molecule has 1 fully saturated rings. The fraction of sp³-hybridized carbons (Fsp3) is 0.588. The topological polar surface area (TPSA) is 102 Å². The van der Waals surface area contributed by atoms with Crippen molar-refractivity contribution >= 4 is 45.8 Å². The van der Waals surface area contributed by atoms with Crippen LogP contribution in [-0.2, 0) is 11.8 Å². The Balaban J connectivity index is 0.00000243. The van der Waals surface area contributed by atoms with E-state index in [1.54, 1.807) is 11.6 Å². The maximum atomic E-state index is 12.5. The second kappa shape index (κ2) is 7.94. The van der Waals surface area contributed by atoms with Gasteiger partial charge in [-0.05, 0) is 32.8 Å². The third-order valence-electron chi connectivity index (χ3n) is 5.00. The van der Waals surface area contributed by atoms with E-state index in [9.17, 15) is 9.59 Å². The lowest BCUT2D eigenvalue weighted by Gasteiger charge is -2.30. The summed E-state index contributed by atoms with van der Waals surface area (Å²) in [5.74, 6) is -0.420. The van der Waals surface area contributed by atoms with E-state index < -0.39 is 6.04 Å². The lowest BCUT2D eigenvalue weighted by atomic mass is 9.97. The highest BCUT2D eigenvalue weighted by atomic mass is 35.5. The first-order chi connectivity index (χ1) is 11.8. The van der Waals surface area contributed by atoms with Gasteiger partial charge in [0.15, 0.2) is 0 Å². The first-order valence-electron chi connectivity index (χ1n) is 8.61. The van der Waals surface area contributed by atoms with Crippen molar-refractivity contribution in [2.24, 2.45) is 12.8 Å². The Morgan fingerprint density at radius 3 is 2.65 bits per heavy atom. The van der Waals surface area contributed by atoms with E-state index >= 15 is 0 Å². The number of rotatable bonds is 5. The largest absolute Gasteiger partial charge is 0.348 e. The maximum Gasteiger partial charge on any atom is 0.262 e. The third-order valence-corrected chi connectivity index (χ3v) is 6.20. The van der Waals surface area contributed by atoms with Crippen LogP contribution in [0.5, 0.6) is 0 Å². The Bertz CT molecular complexity index is 775. The van der Waals surface area contributed by atoms with Crippen LogP contribution in [0, 0.1) is 6.92 Å². The SMILES string of the molecule is Cc1nn(C)c2sc(C(=O)NC(C)C(=O)NC3(CN)CCCC3)cc12.Cl. The highest BCUT2D eigenvalue weighted by molar-refractivity contribution is 7.20. The normalized spacial score (nSPS) is 16.9. The summed E-state index contributed by atoms with van der Waals surface area (Å²) in [6.07, 6.45) is 3.96. The summed E-state index contributed by atoms with van der Waals surface area (Å²) in [7, 11) is 1.86. The van der Waals surface area contributed by atoms with Crippen LogP contribution in [0.25, 0.3) is 10.2 Å². The summed E-state index contributed by atoms with van der Waals surface area (Å²) < 4.78 is 1.77. The molecule has 0 radical (unpaired) electrons. The number of fused-ring (bicyclic) bond motifs is 1. The number of hydrogen-bond acceptors (Lipinski definition) is 5. The monoisotopic (exact) mass is 399 g/mol. The van der Waals surface area contributed by atoms with Crippen molar-refractivity contribution in [2.45, 2.75) is 51.1 Å². The summed E-state index contributed by atoms with van der Waals surface area (Å²) in [5, 5.41) is 11.1. The molecule has 0 aromatic carbocycles. The van der Waals surface area contributed by atoms with Crippen LogP contribution in [0.4, 0.5) is 0 Å². The molecule has 1 atom stereocenters. The predicted octanol–water partition coefficient (Wildman–Crippen LogP) is 1.87. The highest BCUT2D eigenvalue weighted by Crippen LogP contribution is 2.29. The molecule has 1 saturated carbocycles. The van der Waals surface area contributed by atoms with Crippen molar-refractivity contribution in [1.29, 1.82) is 0 Å². The van der Waals surface area contributed by atoms with Gasteiger partial charge in [0, 0.05) is 19.0 Å². The molecule has 26 heavy (non-hydrogen) atoms. The van der Waals surface area contributed by atoms with Gasteiger partial charge in [-0.2, -0.15) is 5.10 Å². The molecule has 3 rings (SSSR count). The van der Waals surface area contributed by atoms with Crippen LogP contribution in [-0.4, -0.2) is 39.7 Å². The molecule has 1 unspecified atom stereocenters. The summed E-state index contributed by atoms with van der Waals surface area (Å²) in [6, 6.07) is 1.22. The van der Waals surface area contributed by atoms with E-state index in [2.05, 4.69) is 15.7 Å². The van der Waals surface area contributed by atoms with E-state index in [1.807, 2.05) is 20.0 Å². The zero-order valence-corrected chi connectivity index (χ0v) is 16.9. The molecule has 0 aliphatic heterocycles. The van der Waals surface area contributed by atoms with Crippen LogP contribution in [0.15, 0.2) is 6.07 Å². The van der Waals surface area contributed by atoms with Crippen LogP contribution in [0.2, 0.25) is 0 Å². The Morgan fingerprint density at radius 2 is 2.08 bits per heavy atom. The molecule has 1 aliphatic carbocycles. The lowest BCUT2D eigenvalue weighted by Crippen LogP contribution is -2.56. The molecule has 0 saturated heterocycles. The standard InChI is InChI=1S/C17H25N5O2S.ClH/c1-10-12-8-13(25-16(12)22(3)21-10)15(24)19-11(2)14(23)20-17(9-18)6-4-5-7-17;/h8,11H,4-7,9,18H2,1-3H3,(H,19,24)(H,20,23);1H. The van der Waals surface area contributed by atoms with Gasteiger partial charge in [-0.3, -0.25) is 14.3 Å². The average Bonchev–Trinajstić information content (AvgIpc) is 3.26. The van der Waals surface area contributed by atoms with Gasteiger partial charge < -0.3 is 16.4 Å². The Kier molecular flexibility index (Phi) is 6.31. The quantitative estimate of drug-likeness (QED) is 0.714. The zero-order valence-electron chi connectivity index (χ0n) is 15.3. The van der Waals surface area contributed by atoms with Crippen molar-refractivity contribution in [1.82, 2.24) is 20.4 Å². The molecule has 2 aromatic rings. The van der Waals surface area contributed by atoms with E-state index in [4.69, 9.17) is 5.73 Å². The molecule has 4 N–H and O–H groups in total. The summed E-state index contributed by atoms with van der Waals surface area (Å²) in [6.45, 7) is 4.05. The number of carbonyl (C=O) groups excluding carboxylic acids is 2. The molecule has 0 spiro atoms. The molecule has 0 bridgehead atoms. The fourth-order valence-corrected chi connectivity index (χ4v) is 4.48. The number of aromatic nitrogens is 2. The molecular formula is C17H26ClN5O2S. The fourth-order valence-electron chi connectivity index (χ4n) is 3.45. The first kappa shape index (κ1) is 20.7. The molecule has 9 heteroatoms. The minimum atomic E-state index is -0.610. The Morgan fingerprint density at radius 1 is 1.42 bits per heavy atom. The predicted molar refractivity (Wildman–Crippen MR) is 106 cm³/mol. The van der Waals surface area contributed by atoms with Crippen molar-refractivity contribution in [3.05, 3.63) is 16.6 Å². The molecule has 144 valence electrons. The van der Waals surface area contributed by atoms with Gasteiger partial charge in [-0.1, -0.05) is 12.8 Å². The van der Waals surface area contributed by atoms with E-state index in [1.165, 1.54) is 11.3 Å². The summed E-state index contributed by atoms with van der Waals surface area (Å²) >= 11 is 1.38. The minimum absolute atomic E-state index is 0. The van der Waals surface area contributed by atoms with E-state index in [0.717, 1.165) is 41.6 Å². The maximum absolute atomic E-state index is 12.5. The van der Waals surface area contributed by atoms with Crippen LogP contribution in [0.3, 0.4) is 0 Å². The van der Waals surface area contributed by atoms with Gasteiger partial charge in [0.1, 0.15) is 10.9 Å². The molecule has 2 amide bonds. The smallest absolute Gasteiger partial charge is 0.262 e. The first-order valence-corrected chi connectivity index (χ1v) is 9.43. The number of nitrogens with zero attached hydrogens (tertiary/aromatic N) is 2. The van der Waals surface area contributed by atoms with Gasteiger partial charge in [0.05, 0.1) is 16.1 Å². The molecular weight excluding hydrogens is 374 g/mol. The number of halogens is 1. The van der Waals surface area contributed by atoms with Crippen molar-refractivity contribution in [3.63, 3.8) is 0 Å². The van der Waals surface area contributed by atoms with Gasteiger partial charge >= 0.3 is 0 Å². The van der Waals surface area contributed by atoms with Crippen molar-refractivity contribution < 1.29 is 9.59 Å². The molecule has 7 nitrogen and oxygen atoms in total. The number of nitrogens with one attached hydrogen (secondary N) is 2. The average molecular weight is 400 g/mol. The minimum Gasteiger partial charge on any atom is -0.348 e. The van der Waals surface area contributed by atoms with Gasteiger partial charge in [0.2, 0.25) is 5.91 Å². The zero-order chi connectivity index (χ0) is 18.2. The number of hydrogen-bond donors (Lipinski definition) is 3. The number of thiophene rings is 1. The number of carbonyl (C=O) groups is 2. The van der Waals surface area contributed by atoms with Crippen molar-refractivity contribution in [2.75, 3.05) is 6.54 Å². The third kappa shape index (κ3) is 3.87. The van der Waals surface area contributed by atoms with E-state index in [0.29, 0.717) is 11.4 Å². The lowest BCUT2D eigenvalue weighted by molar-refractivity contribution is -0.124. The molecule has 2 aromatic heterocycles. The van der Waals surface area contributed by atoms with Crippen LogP contribution >= 0.6 is 23.7 Å². The Hall–Kier alpha value is -1.64. The number of aryl methyl sites for hydroxylation is 2. The second-order valence-electron chi connectivity index (χ2n) is 6.91. The summed E-state index contributed by atoms with van der Waals surface area (Å²) in [5.41, 5.74) is 6.44. The van der Waals surface area contributed by atoms with Crippen molar-refractivity contribution in [3.8, 4) is 0 Å². The summed E-state index contributed by atoms with van der Waals surface area (Å²) in [4.78, 5) is 26.5. The number of nitrogens with two attached hydrogens (primary N) is 1. The number of amides is 2. The van der Waals surface area contributed by atoms with Crippen LogP contribution < -0.4 is 16.4 Å².